The molecular formula is C20H27N5O2S. The molecule has 1 aliphatic heterocycles. The molecule has 2 amide bonds. The lowest BCUT2D eigenvalue weighted by Gasteiger charge is -2.25. The number of anilines is 1. The molecule has 28 heavy (non-hydrogen) atoms. The molecule has 2 aromatic rings. The number of carbonyl (C=O) groups is 2. The van der Waals surface area contributed by atoms with E-state index in [-0.39, 0.29) is 29.8 Å². The molecule has 0 aromatic carbocycles. The lowest BCUT2D eigenvalue weighted by atomic mass is 10.0. The average molecular weight is 402 g/mol. The molecule has 7 nitrogen and oxygen atoms in total. The normalized spacial score (nSPS) is 18.2. The predicted octanol–water partition coefficient (Wildman–Crippen LogP) is 3.01. The van der Waals surface area contributed by atoms with Gasteiger partial charge in [-0.1, -0.05) is 19.9 Å². The minimum absolute atomic E-state index is 0.0314. The van der Waals surface area contributed by atoms with Crippen molar-refractivity contribution in [2.24, 2.45) is 5.92 Å². The number of hydrogen-bond acceptors (Lipinski definition) is 6. The van der Waals surface area contributed by atoms with Gasteiger partial charge in [-0.3, -0.25) is 14.5 Å². The predicted molar refractivity (Wildman–Crippen MR) is 110 cm³/mol. The van der Waals surface area contributed by atoms with Crippen LogP contribution in [-0.4, -0.2) is 46.3 Å². The fraction of sp³-hybridized carbons (Fsp3) is 0.500. The lowest BCUT2D eigenvalue weighted by molar-refractivity contribution is -0.126. The van der Waals surface area contributed by atoms with E-state index < -0.39 is 0 Å². The monoisotopic (exact) mass is 401 g/mol. The molecule has 0 spiro atoms. The first-order chi connectivity index (χ1) is 13.3. The van der Waals surface area contributed by atoms with Crippen molar-refractivity contribution in [3.8, 4) is 0 Å². The Bertz CT molecular complexity index is 851. The maximum absolute atomic E-state index is 12.7. The van der Waals surface area contributed by atoms with E-state index >= 15 is 0 Å². The molecule has 0 saturated carbocycles. The van der Waals surface area contributed by atoms with Crippen molar-refractivity contribution in [1.82, 2.24) is 20.2 Å². The first-order valence-corrected chi connectivity index (χ1v) is 10.4. The smallest absolute Gasteiger partial charge is 0.276 e. The van der Waals surface area contributed by atoms with Crippen LogP contribution >= 0.6 is 11.3 Å². The number of rotatable bonds is 6. The highest BCUT2D eigenvalue weighted by atomic mass is 32.1. The molecule has 0 bridgehead atoms. The number of likely N-dealkylation sites (N-methyl/N-ethyl adjacent to an activating group) is 1. The number of thiazole rings is 1. The van der Waals surface area contributed by atoms with Gasteiger partial charge in [0.15, 0.2) is 0 Å². The number of nitrogens with zero attached hydrogens (tertiary/aromatic N) is 3. The lowest BCUT2D eigenvalue weighted by Crippen LogP contribution is -2.44. The van der Waals surface area contributed by atoms with Crippen LogP contribution in [0.15, 0.2) is 23.6 Å². The molecule has 0 unspecified atom stereocenters. The van der Waals surface area contributed by atoms with Gasteiger partial charge in [0.1, 0.15) is 16.5 Å². The highest BCUT2D eigenvalue weighted by molar-refractivity contribution is 7.10. The highest BCUT2D eigenvalue weighted by Crippen LogP contribution is 2.26. The van der Waals surface area contributed by atoms with Gasteiger partial charge in [-0.2, -0.15) is 0 Å². The Balaban J connectivity index is 1.70. The number of pyridine rings is 1. The number of nitrogens with one attached hydrogen (secondary N) is 2. The molecule has 1 saturated heterocycles. The average Bonchev–Trinajstić information content (AvgIpc) is 3.28. The van der Waals surface area contributed by atoms with Crippen LogP contribution in [0.4, 0.5) is 5.82 Å². The fourth-order valence-corrected chi connectivity index (χ4v) is 4.35. The van der Waals surface area contributed by atoms with E-state index in [1.807, 2.05) is 40.0 Å². The van der Waals surface area contributed by atoms with Gasteiger partial charge in [0, 0.05) is 11.1 Å². The number of hydrogen-bond donors (Lipinski definition) is 2. The van der Waals surface area contributed by atoms with E-state index in [9.17, 15) is 9.59 Å². The Hall–Kier alpha value is -2.32. The Kier molecular flexibility index (Phi) is 6.41. The fourth-order valence-electron chi connectivity index (χ4n) is 3.33. The number of likely N-dealkylation sites (tertiary alicyclic amines) is 1. The molecule has 2 N–H and O–H groups in total. The standard InChI is InChI=1S/C20H27N5O2S/c1-12(2)17(24-19(27)15-8-6-10-25(15)4)20-22-14(11-28-20)18(26)23-16-9-5-7-13(3)21-16/h5,7,9,11-12,15,17H,6,8,10H2,1-4H3,(H,24,27)(H,21,23,26)/t15-,17+/m0/s1. The molecule has 0 aliphatic carbocycles. The minimum Gasteiger partial charge on any atom is -0.345 e. The van der Waals surface area contributed by atoms with Crippen molar-refractivity contribution in [3.05, 3.63) is 40.0 Å². The van der Waals surface area contributed by atoms with Crippen LogP contribution in [-0.2, 0) is 4.79 Å². The van der Waals surface area contributed by atoms with Gasteiger partial charge in [0.25, 0.3) is 5.91 Å². The summed E-state index contributed by atoms with van der Waals surface area (Å²) in [6, 6.07) is 5.15. The third-order valence-electron chi connectivity index (χ3n) is 4.94. The van der Waals surface area contributed by atoms with Crippen molar-refractivity contribution < 1.29 is 9.59 Å². The van der Waals surface area contributed by atoms with Gasteiger partial charge in [-0.25, -0.2) is 9.97 Å². The first-order valence-electron chi connectivity index (χ1n) is 9.56. The van der Waals surface area contributed by atoms with Gasteiger partial charge >= 0.3 is 0 Å². The van der Waals surface area contributed by atoms with Crippen LogP contribution in [0.2, 0.25) is 0 Å². The second-order valence-corrected chi connectivity index (χ2v) is 8.45. The van der Waals surface area contributed by atoms with Crippen LogP contribution in [0.25, 0.3) is 0 Å². The quantitative estimate of drug-likeness (QED) is 0.777. The summed E-state index contributed by atoms with van der Waals surface area (Å²) < 4.78 is 0. The maximum atomic E-state index is 12.7. The topological polar surface area (TPSA) is 87.2 Å². The van der Waals surface area contributed by atoms with Gasteiger partial charge in [0.05, 0.1) is 12.1 Å². The first kappa shape index (κ1) is 20.4. The van der Waals surface area contributed by atoms with Crippen molar-refractivity contribution in [1.29, 1.82) is 0 Å². The molecule has 2 atom stereocenters. The zero-order chi connectivity index (χ0) is 20.3. The van der Waals surface area contributed by atoms with E-state index in [1.54, 1.807) is 11.4 Å². The van der Waals surface area contributed by atoms with E-state index in [4.69, 9.17) is 0 Å². The van der Waals surface area contributed by atoms with Gasteiger partial charge in [-0.05, 0) is 51.4 Å². The zero-order valence-electron chi connectivity index (χ0n) is 16.7. The summed E-state index contributed by atoms with van der Waals surface area (Å²) in [5, 5.41) is 8.38. The Labute approximate surface area is 169 Å². The van der Waals surface area contributed by atoms with Crippen LogP contribution in [0.5, 0.6) is 0 Å². The largest absolute Gasteiger partial charge is 0.345 e. The van der Waals surface area contributed by atoms with Crippen molar-refractivity contribution in [2.75, 3.05) is 18.9 Å². The minimum atomic E-state index is -0.301. The van der Waals surface area contributed by atoms with E-state index in [0.29, 0.717) is 11.5 Å². The van der Waals surface area contributed by atoms with Crippen molar-refractivity contribution in [3.63, 3.8) is 0 Å². The molecule has 3 rings (SSSR count). The third kappa shape index (κ3) is 4.74. The third-order valence-corrected chi connectivity index (χ3v) is 5.87. The Morgan fingerprint density at radius 3 is 2.71 bits per heavy atom. The van der Waals surface area contributed by atoms with Gasteiger partial charge in [-0.15, -0.1) is 11.3 Å². The Morgan fingerprint density at radius 2 is 2.07 bits per heavy atom. The molecule has 8 heteroatoms. The second-order valence-electron chi connectivity index (χ2n) is 7.56. The number of aryl methyl sites for hydroxylation is 1. The van der Waals surface area contributed by atoms with Crippen LogP contribution < -0.4 is 10.6 Å². The molecule has 0 radical (unpaired) electrons. The highest BCUT2D eigenvalue weighted by Gasteiger charge is 2.31. The van der Waals surface area contributed by atoms with Crippen LogP contribution in [0.3, 0.4) is 0 Å². The summed E-state index contributed by atoms with van der Waals surface area (Å²) in [5.41, 5.74) is 1.16. The molecule has 2 aromatic heterocycles. The number of amides is 2. The molecule has 1 fully saturated rings. The van der Waals surface area contributed by atoms with Crippen molar-refractivity contribution in [2.45, 2.75) is 45.7 Å². The van der Waals surface area contributed by atoms with E-state index in [2.05, 4.69) is 25.5 Å². The summed E-state index contributed by atoms with van der Waals surface area (Å²) >= 11 is 1.39. The van der Waals surface area contributed by atoms with E-state index in [0.717, 1.165) is 30.1 Å². The van der Waals surface area contributed by atoms with Gasteiger partial charge in [0.2, 0.25) is 5.91 Å². The van der Waals surface area contributed by atoms with Gasteiger partial charge < -0.3 is 10.6 Å². The maximum Gasteiger partial charge on any atom is 0.276 e. The number of aromatic nitrogens is 2. The second kappa shape index (κ2) is 8.79. The summed E-state index contributed by atoms with van der Waals surface area (Å²) in [5.74, 6) is 0.391. The van der Waals surface area contributed by atoms with E-state index in [1.165, 1.54) is 11.3 Å². The molecule has 150 valence electrons. The molecular weight excluding hydrogens is 374 g/mol. The Morgan fingerprint density at radius 1 is 1.29 bits per heavy atom. The van der Waals surface area contributed by atoms with Crippen molar-refractivity contribution >= 4 is 29.0 Å². The summed E-state index contributed by atoms with van der Waals surface area (Å²) in [7, 11) is 1.98. The summed E-state index contributed by atoms with van der Waals surface area (Å²) in [4.78, 5) is 36.1. The van der Waals surface area contributed by atoms with Crippen LogP contribution in [0.1, 0.15) is 53.9 Å². The summed E-state index contributed by atoms with van der Waals surface area (Å²) in [6.45, 7) is 6.90. The number of carbonyl (C=O) groups excluding carboxylic acids is 2. The zero-order valence-corrected chi connectivity index (χ0v) is 17.5. The SMILES string of the molecule is Cc1cccc(NC(=O)c2csc([C@H](NC(=O)[C@@H]3CCCN3C)C(C)C)n2)n1. The van der Waals surface area contributed by atoms with Crippen LogP contribution in [0, 0.1) is 12.8 Å². The summed E-state index contributed by atoms with van der Waals surface area (Å²) in [6.07, 6.45) is 1.91. The molecule has 3 heterocycles. The molecule has 1 aliphatic rings.